The molecule has 3 heterocycles. The molecule has 0 amide bonds. The zero-order valence-electron chi connectivity index (χ0n) is 15.0. The van der Waals surface area contributed by atoms with Crippen LogP contribution in [-0.2, 0) is 0 Å². The van der Waals surface area contributed by atoms with Crippen LogP contribution in [0.5, 0.6) is 0 Å². The topological polar surface area (TPSA) is 48.4 Å². The van der Waals surface area contributed by atoms with E-state index in [4.69, 9.17) is 9.97 Å². The molecule has 7 heteroatoms. The molecule has 1 aliphatic rings. The average molecular weight is 371 g/mol. The SMILES string of the molecule is CN(C)c1nc(N2CCN(c3ccccn3)CC2)nc2ccccc12.Cl. The Hall–Kier alpha value is -2.60. The van der Waals surface area contributed by atoms with E-state index in [1.165, 1.54) is 0 Å². The number of piperazine rings is 1. The van der Waals surface area contributed by atoms with Crippen LogP contribution in [0.1, 0.15) is 0 Å². The van der Waals surface area contributed by atoms with Gasteiger partial charge in [0.2, 0.25) is 5.95 Å². The second kappa shape index (κ2) is 7.74. The van der Waals surface area contributed by atoms with Gasteiger partial charge in [-0.05, 0) is 24.3 Å². The van der Waals surface area contributed by atoms with Crippen LogP contribution in [0.15, 0.2) is 48.7 Å². The summed E-state index contributed by atoms with van der Waals surface area (Å²) in [7, 11) is 4.05. The lowest BCUT2D eigenvalue weighted by Gasteiger charge is -2.35. The van der Waals surface area contributed by atoms with E-state index in [2.05, 4.69) is 37.9 Å². The van der Waals surface area contributed by atoms with Crippen molar-refractivity contribution in [1.29, 1.82) is 0 Å². The van der Waals surface area contributed by atoms with Crippen LogP contribution in [0.4, 0.5) is 17.6 Å². The minimum atomic E-state index is 0. The van der Waals surface area contributed by atoms with Gasteiger partial charge in [0.05, 0.1) is 5.52 Å². The summed E-state index contributed by atoms with van der Waals surface area (Å²) in [5, 5.41) is 1.09. The van der Waals surface area contributed by atoms with Crippen molar-refractivity contribution in [2.75, 3.05) is 55.0 Å². The molecular weight excluding hydrogens is 348 g/mol. The highest BCUT2D eigenvalue weighted by molar-refractivity contribution is 5.90. The largest absolute Gasteiger partial charge is 0.362 e. The van der Waals surface area contributed by atoms with E-state index in [0.717, 1.165) is 54.7 Å². The Bertz CT molecular complexity index is 862. The molecule has 0 unspecified atom stereocenters. The number of hydrogen-bond acceptors (Lipinski definition) is 6. The Labute approximate surface area is 159 Å². The first-order valence-electron chi connectivity index (χ1n) is 8.57. The van der Waals surface area contributed by atoms with E-state index < -0.39 is 0 Å². The molecule has 4 rings (SSSR count). The van der Waals surface area contributed by atoms with Gasteiger partial charge in [-0.3, -0.25) is 0 Å². The fraction of sp³-hybridized carbons (Fsp3) is 0.316. The highest BCUT2D eigenvalue weighted by Gasteiger charge is 2.21. The third kappa shape index (κ3) is 3.51. The monoisotopic (exact) mass is 370 g/mol. The molecule has 6 nitrogen and oxygen atoms in total. The summed E-state index contributed by atoms with van der Waals surface area (Å²) in [6, 6.07) is 14.2. The van der Waals surface area contributed by atoms with Gasteiger partial charge in [0.15, 0.2) is 0 Å². The first-order valence-corrected chi connectivity index (χ1v) is 8.57. The summed E-state index contributed by atoms with van der Waals surface area (Å²) < 4.78 is 0. The molecule has 0 N–H and O–H groups in total. The highest BCUT2D eigenvalue weighted by Crippen LogP contribution is 2.26. The molecule has 1 aromatic carbocycles. The van der Waals surface area contributed by atoms with Gasteiger partial charge in [-0.25, -0.2) is 9.97 Å². The van der Waals surface area contributed by atoms with Gasteiger partial charge in [-0.1, -0.05) is 18.2 Å². The van der Waals surface area contributed by atoms with E-state index in [0.29, 0.717) is 0 Å². The van der Waals surface area contributed by atoms with Crippen molar-refractivity contribution in [3.8, 4) is 0 Å². The van der Waals surface area contributed by atoms with Gasteiger partial charge in [0.1, 0.15) is 11.6 Å². The van der Waals surface area contributed by atoms with Gasteiger partial charge in [-0.2, -0.15) is 4.98 Å². The Morgan fingerprint density at radius 3 is 2.23 bits per heavy atom. The van der Waals surface area contributed by atoms with Crippen LogP contribution in [0.3, 0.4) is 0 Å². The Kier molecular flexibility index (Phi) is 5.42. The normalized spacial score (nSPS) is 14.2. The predicted octanol–water partition coefficient (Wildman–Crippen LogP) is 2.84. The standard InChI is InChI=1S/C19H22N6.ClH/c1-23(2)18-15-7-3-4-8-16(15)21-19(22-18)25-13-11-24(12-14-25)17-9-5-6-10-20-17;/h3-10H,11-14H2,1-2H3;1H. The molecule has 0 radical (unpaired) electrons. The van der Waals surface area contributed by atoms with E-state index in [-0.39, 0.29) is 12.4 Å². The maximum Gasteiger partial charge on any atom is 0.228 e. The number of benzene rings is 1. The van der Waals surface area contributed by atoms with Crippen LogP contribution in [-0.4, -0.2) is 55.2 Å². The van der Waals surface area contributed by atoms with Crippen molar-refractivity contribution in [1.82, 2.24) is 15.0 Å². The molecule has 136 valence electrons. The number of pyridine rings is 1. The second-order valence-corrected chi connectivity index (χ2v) is 6.42. The van der Waals surface area contributed by atoms with Crippen LogP contribution in [0.2, 0.25) is 0 Å². The minimum absolute atomic E-state index is 0. The summed E-state index contributed by atoms with van der Waals surface area (Å²) >= 11 is 0. The van der Waals surface area contributed by atoms with Crippen LogP contribution < -0.4 is 14.7 Å². The van der Waals surface area contributed by atoms with Gasteiger partial charge < -0.3 is 14.7 Å². The van der Waals surface area contributed by atoms with Crippen LogP contribution >= 0.6 is 12.4 Å². The quantitative estimate of drug-likeness (QED) is 0.706. The van der Waals surface area contributed by atoms with Gasteiger partial charge >= 0.3 is 0 Å². The molecule has 0 saturated carbocycles. The minimum Gasteiger partial charge on any atom is -0.362 e. The molecule has 0 spiro atoms. The molecule has 2 aromatic heterocycles. The van der Waals surface area contributed by atoms with Gasteiger partial charge in [0.25, 0.3) is 0 Å². The van der Waals surface area contributed by atoms with Crippen LogP contribution in [0, 0.1) is 0 Å². The Morgan fingerprint density at radius 2 is 1.54 bits per heavy atom. The molecule has 0 bridgehead atoms. The fourth-order valence-electron chi connectivity index (χ4n) is 3.21. The number of aromatic nitrogens is 3. The maximum atomic E-state index is 4.83. The number of nitrogens with zero attached hydrogens (tertiary/aromatic N) is 6. The van der Waals surface area contributed by atoms with Crippen molar-refractivity contribution in [3.05, 3.63) is 48.7 Å². The zero-order valence-corrected chi connectivity index (χ0v) is 15.9. The number of rotatable bonds is 3. The lowest BCUT2D eigenvalue weighted by molar-refractivity contribution is 0.635. The predicted molar refractivity (Wildman–Crippen MR) is 110 cm³/mol. The van der Waals surface area contributed by atoms with E-state index in [1.807, 2.05) is 44.6 Å². The lowest BCUT2D eigenvalue weighted by Crippen LogP contribution is -2.47. The first kappa shape index (κ1) is 18.2. The molecule has 0 atom stereocenters. The third-order valence-electron chi connectivity index (χ3n) is 4.53. The fourth-order valence-corrected chi connectivity index (χ4v) is 3.21. The van der Waals surface area contributed by atoms with E-state index in [9.17, 15) is 0 Å². The zero-order chi connectivity index (χ0) is 17.2. The molecular formula is C19H23ClN6. The number of anilines is 3. The Morgan fingerprint density at radius 1 is 0.846 bits per heavy atom. The first-order chi connectivity index (χ1) is 12.2. The number of para-hydroxylation sites is 1. The van der Waals surface area contributed by atoms with Gasteiger partial charge in [-0.15, -0.1) is 12.4 Å². The lowest BCUT2D eigenvalue weighted by atomic mass is 10.2. The van der Waals surface area contributed by atoms with Crippen LogP contribution in [0.25, 0.3) is 10.9 Å². The summed E-state index contributed by atoms with van der Waals surface area (Å²) in [6.45, 7) is 3.62. The molecule has 1 saturated heterocycles. The molecule has 1 aliphatic heterocycles. The summed E-state index contributed by atoms with van der Waals surface area (Å²) in [5.41, 5.74) is 0.989. The summed E-state index contributed by atoms with van der Waals surface area (Å²) in [4.78, 5) is 20.7. The number of halogens is 1. The van der Waals surface area contributed by atoms with Gasteiger partial charge in [0, 0.05) is 51.9 Å². The Balaban J connectivity index is 0.00000196. The molecule has 1 fully saturated rings. The van der Waals surface area contributed by atoms with Crippen molar-refractivity contribution < 1.29 is 0 Å². The smallest absolute Gasteiger partial charge is 0.228 e. The summed E-state index contributed by atoms with van der Waals surface area (Å²) in [6.07, 6.45) is 1.84. The maximum absolute atomic E-state index is 4.83. The second-order valence-electron chi connectivity index (χ2n) is 6.42. The van der Waals surface area contributed by atoms with Crippen molar-refractivity contribution in [2.24, 2.45) is 0 Å². The van der Waals surface area contributed by atoms with Crippen molar-refractivity contribution >= 4 is 40.9 Å². The number of hydrogen-bond donors (Lipinski definition) is 0. The number of fused-ring (bicyclic) bond motifs is 1. The van der Waals surface area contributed by atoms with E-state index >= 15 is 0 Å². The molecule has 3 aromatic rings. The highest BCUT2D eigenvalue weighted by atomic mass is 35.5. The molecule has 0 aliphatic carbocycles. The van der Waals surface area contributed by atoms with Crippen molar-refractivity contribution in [3.63, 3.8) is 0 Å². The van der Waals surface area contributed by atoms with E-state index in [1.54, 1.807) is 0 Å². The van der Waals surface area contributed by atoms with Crippen molar-refractivity contribution in [2.45, 2.75) is 0 Å². The third-order valence-corrected chi connectivity index (χ3v) is 4.53. The molecule has 26 heavy (non-hydrogen) atoms. The summed E-state index contributed by atoms with van der Waals surface area (Å²) in [5.74, 6) is 2.81. The average Bonchev–Trinajstić information content (AvgIpc) is 2.68.